The number of hydrogen-bond donors (Lipinski definition) is 0. The first-order chi connectivity index (χ1) is 16.7. The van der Waals surface area contributed by atoms with Crippen LogP contribution >= 0.6 is 0 Å². The first kappa shape index (κ1) is 24.9. The number of benzene rings is 3. The van der Waals surface area contributed by atoms with Crippen LogP contribution in [-0.2, 0) is 9.47 Å². The van der Waals surface area contributed by atoms with E-state index in [0.29, 0.717) is 23.0 Å². The van der Waals surface area contributed by atoms with E-state index in [0.717, 1.165) is 22.3 Å². The molecule has 178 valence electrons. The Labute approximate surface area is 200 Å². The van der Waals surface area contributed by atoms with Gasteiger partial charge in [-0.3, -0.25) is 0 Å². The first-order valence-corrected chi connectivity index (χ1v) is 10.7. The fourth-order valence-corrected chi connectivity index (χ4v) is 3.22. The molecule has 3 aromatic rings. The molecule has 3 rings (SSSR count). The molecular formula is C28H30O6. The molecule has 6 nitrogen and oxygen atoms in total. The Morgan fingerprint density at radius 1 is 0.500 bits per heavy atom. The Morgan fingerprint density at radius 3 is 1.29 bits per heavy atom. The lowest BCUT2D eigenvalue weighted by Crippen LogP contribution is -2.00. The van der Waals surface area contributed by atoms with Gasteiger partial charge in [-0.2, -0.15) is 0 Å². The third kappa shape index (κ3) is 7.13. The van der Waals surface area contributed by atoms with Gasteiger partial charge in [0.1, 0.15) is 0 Å². The number of ether oxygens (including phenoxy) is 6. The normalized spacial score (nSPS) is 11.2. The molecule has 0 spiro atoms. The van der Waals surface area contributed by atoms with Gasteiger partial charge in [0.15, 0.2) is 36.6 Å². The molecule has 0 heterocycles. The van der Waals surface area contributed by atoms with Crippen LogP contribution in [0.15, 0.2) is 60.7 Å². The second-order valence-corrected chi connectivity index (χ2v) is 7.26. The van der Waals surface area contributed by atoms with Crippen molar-refractivity contribution in [1.82, 2.24) is 0 Å². The third-order valence-corrected chi connectivity index (χ3v) is 4.89. The van der Waals surface area contributed by atoms with Crippen molar-refractivity contribution in [2.75, 3.05) is 42.0 Å². The van der Waals surface area contributed by atoms with E-state index in [1.54, 1.807) is 28.4 Å². The van der Waals surface area contributed by atoms with Crippen LogP contribution in [0.2, 0.25) is 0 Å². The van der Waals surface area contributed by atoms with Crippen molar-refractivity contribution in [2.24, 2.45) is 0 Å². The summed E-state index contributed by atoms with van der Waals surface area (Å²) in [4.78, 5) is 0. The predicted molar refractivity (Wildman–Crippen MR) is 135 cm³/mol. The summed E-state index contributed by atoms with van der Waals surface area (Å²) in [7, 11) is 6.40. The highest BCUT2D eigenvalue weighted by molar-refractivity contribution is 5.75. The highest BCUT2D eigenvalue weighted by Crippen LogP contribution is 2.30. The maximum atomic E-state index is 5.59. The van der Waals surface area contributed by atoms with Gasteiger partial charge in [0.25, 0.3) is 0 Å². The molecule has 0 bridgehead atoms. The zero-order valence-corrected chi connectivity index (χ0v) is 19.9. The number of methoxy groups -OCH3 is 4. The Balaban J connectivity index is 1.74. The minimum atomic E-state index is 0.159. The smallest absolute Gasteiger partial charge is 0.188 e. The molecule has 0 radical (unpaired) electrons. The highest BCUT2D eigenvalue weighted by atomic mass is 16.7. The highest BCUT2D eigenvalue weighted by Gasteiger charge is 2.06. The lowest BCUT2D eigenvalue weighted by Gasteiger charge is -2.10. The molecule has 34 heavy (non-hydrogen) atoms. The van der Waals surface area contributed by atoms with E-state index in [9.17, 15) is 0 Å². The fourth-order valence-electron chi connectivity index (χ4n) is 3.22. The van der Waals surface area contributed by atoms with Crippen molar-refractivity contribution >= 4 is 24.3 Å². The summed E-state index contributed by atoms with van der Waals surface area (Å²) in [5.74, 6) is 2.60. The maximum absolute atomic E-state index is 5.59. The van der Waals surface area contributed by atoms with Crippen molar-refractivity contribution in [1.29, 1.82) is 0 Å². The van der Waals surface area contributed by atoms with Gasteiger partial charge in [-0.15, -0.1) is 0 Å². The molecule has 6 heteroatoms. The second kappa shape index (κ2) is 13.1. The molecule has 0 aromatic heterocycles. The van der Waals surface area contributed by atoms with E-state index in [1.807, 2.05) is 54.6 Å². The largest absolute Gasteiger partial charge is 0.493 e. The van der Waals surface area contributed by atoms with E-state index < -0.39 is 0 Å². The van der Waals surface area contributed by atoms with E-state index in [-0.39, 0.29) is 13.6 Å². The van der Waals surface area contributed by atoms with E-state index in [4.69, 9.17) is 28.4 Å². The van der Waals surface area contributed by atoms with Gasteiger partial charge in [0, 0.05) is 14.2 Å². The van der Waals surface area contributed by atoms with Crippen molar-refractivity contribution in [3.05, 3.63) is 82.9 Å². The van der Waals surface area contributed by atoms with E-state index in [2.05, 4.69) is 30.4 Å². The molecule has 0 saturated heterocycles. The molecule has 0 fully saturated rings. The molecule has 3 aromatic carbocycles. The van der Waals surface area contributed by atoms with E-state index in [1.165, 1.54) is 0 Å². The molecular weight excluding hydrogens is 432 g/mol. The molecule has 0 atom stereocenters. The maximum Gasteiger partial charge on any atom is 0.188 e. The zero-order chi connectivity index (χ0) is 24.2. The SMILES string of the molecule is COCOc1cc(C=Cc2cccc(C=Cc3ccc(OC)c(OCOC)c3)c2)ccc1OC. The molecule has 0 amide bonds. The van der Waals surface area contributed by atoms with Gasteiger partial charge < -0.3 is 28.4 Å². The topological polar surface area (TPSA) is 55.4 Å². The van der Waals surface area contributed by atoms with Crippen molar-refractivity contribution in [3.63, 3.8) is 0 Å². The van der Waals surface area contributed by atoms with Crippen LogP contribution in [0.3, 0.4) is 0 Å². The fraction of sp³-hybridized carbons (Fsp3) is 0.214. The minimum Gasteiger partial charge on any atom is -0.493 e. The van der Waals surface area contributed by atoms with E-state index >= 15 is 0 Å². The average Bonchev–Trinajstić information content (AvgIpc) is 2.88. The average molecular weight is 463 g/mol. The summed E-state index contributed by atoms with van der Waals surface area (Å²) in [5.41, 5.74) is 4.15. The number of rotatable bonds is 12. The lowest BCUT2D eigenvalue weighted by atomic mass is 10.1. The van der Waals surface area contributed by atoms with Crippen LogP contribution in [-0.4, -0.2) is 42.0 Å². The zero-order valence-electron chi connectivity index (χ0n) is 19.9. The first-order valence-electron chi connectivity index (χ1n) is 10.7. The van der Waals surface area contributed by atoms with Gasteiger partial charge in [0.05, 0.1) is 14.2 Å². The Hall–Kier alpha value is -3.74. The molecule has 0 unspecified atom stereocenters. The standard InChI is InChI=1S/C28H30O6/c1-29-19-33-27-17-23(12-14-25(27)31-3)10-8-21-6-5-7-22(16-21)9-11-24-13-15-26(32-4)28(18-24)34-20-30-2/h5-18H,19-20H2,1-4H3. The van der Waals surface area contributed by atoms with Gasteiger partial charge in [-0.25, -0.2) is 0 Å². The van der Waals surface area contributed by atoms with Gasteiger partial charge in [0.2, 0.25) is 0 Å². The summed E-state index contributed by atoms with van der Waals surface area (Å²) < 4.78 is 31.9. The monoisotopic (exact) mass is 462 g/mol. The van der Waals surface area contributed by atoms with Gasteiger partial charge in [-0.1, -0.05) is 54.6 Å². The quantitative estimate of drug-likeness (QED) is 0.243. The summed E-state index contributed by atoms with van der Waals surface area (Å²) in [6.45, 7) is 0.318. The second-order valence-electron chi connectivity index (χ2n) is 7.26. The Bertz CT molecular complexity index is 1030. The minimum absolute atomic E-state index is 0.159. The van der Waals surface area contributed by atoms with Gasteiger partial charge >= 0.3 is 0 Å². The Morgan fingerprint density at radius 2 is 0.912 bits per heavy atom. The predicted octanol–water partition coefficient (Wildman–Crippen LogP) is 6.01. The summed E-state index contributed by atoms with van der Waals surface area (Å²) in [6, 6.07) is 19.8. The van der Waals surface area contributed by atoms with Crippen LogP contribution in [0.4, 0.5) is 0 Å². The Kier molecular flexibility index (Phi) is 9.58. The van der Waals surface area contributed by atoms with Crippen LogP contribution in [0.5, 0.6) is 23.0 Å². The lowest BCUT2D eigenvalue weighted by molar-refractivity contribution is 0.0490. The van der Waals surface area contributed by atoms with Gasteiger partial charge in [-0.05, 0) is 52.6 Å². The van der Waals surface area contributed by atoms with Crippen LogP contribution < -0.4 is 18.9 Å². The van der Waals surface area contributed by atoms with Crippen molar-refractivity contribution in [3.8, 4) is 23.0 Å². The van der Waals surface area contributed by atoms with Crippen LogP contribution in [0, 0.1) is 0 Å². The third-order valence-electron chi connectivity index (χ3n) is 4.89. The molecule has 0 aliphatic rings. The van der Waals surface area contributed by atoms with Crippen LogP contribution in [0.25, 0.3) is 24.3 Å². The van der Waals surface area contributed by atoms with Crippen molar-refractivity contribution in [2.45, 2.75) is 0 Å². The molecule has 0 saturated carbocycles. The summed E-state index contributed by atoms with van der Waals surface area (Å²) in [6.07, 6.45) is 8.18. The summed E-state index contributed by atoms with van der Waals surface area (Å²) in [5, 5.41) is 0. The van der Waals surface area contributed by atoms with Crippen molar-refractivity contribution < 1.29 is 28.4 Å². The molecule has 0 N–H and O–H groups in total. The number of hydrogen-bond acceptors (Lipinski definition) is 6. The van der Waals surface area contributed by atoms with Crippen LogP contribution in [0.1, 0.15) is 22.3 Å². The molecule has 0 aliphatic carbocycles. The summed E-state index contributed by atoms with van der Waals surface area (Å²) >= 11 is 0. The molecule has 0 aliphatic heterocycles.